The highest BCUT2D eigenvalue weighted by Gasteiger charge is 2.21. The van der Waals surface area contributed by atoms with Crippen LogP contribution in [-0.4, -0.2) is 25.4 Å². The number of hydrogen-bond donors (Lipinski definition) is 1. The van der Waals surface area contributed by atoms with Crippen LogP contribution in [0.5, 0.6) is 0 Å². The molecule has 0 atom stereocenters. The molecule has 0 fully saturated rings. The average Bonchev–Trinajstić information content (AvgIpc) is 3.32. The van der Waals surface area contributed by atoms with Crippen LogP contribution in [0.4, 0.5) is 11.4 Å². The van der Waals surface area contributed by atoms with Gasteiger partial charge in [0.1, 0.15) is 11.3 Å². The number of nitrogens with one attached hydrogen (secondary N) is 1. The van der Waals surface area contributed by atoms with Crippen molar-refractivity contribution in [2.75, 3.05) is 5.32 Å². The van der Waals surface area contributed by atoms with E-state index in [1.165, 1.54) is 24.4 Å². The predicted octanol–water partition coefficient (Wildman–Crippen LogP) is 4.27. The van der Waals surface area contributed by atoms with Crippen LogP contribution in [0.25, 0.3) is 16.2 Å². The largest absolute Gasteiger partial charge is 0.316 e. The van der Waals surface area contributed by atoms with E-state index in [9.17, 15) is 14.9 Å². The van der Waals surface area contributed by atoms with Crippen molar-refractivity contribution in [3.8, 4) is 10.6 Å². The highest BCUT2D eigenvalue weighted by Crippen LogP contribution is 2.29. The van der Waals surface area contributed by atoms with Crippen molar-refractivity contribution < 1.29 is 9.72 Å². The summed E-state index contributed by atoms with van der Waals surface area (Å²) in [6, 6.07) is 9.70. The Labute approximate surface area is 161 Å². The maximum Gasteiger partial charge on any atom is 0.294 e. The number of amides is 1. The fourth-order valence-electron chi connectivity index (χ4n) is 2.61. The molecule has 4 rings (SSSR count). The number of thiophene rings is 1. The molecule has 0 unspecified atom stereocenters. The Balaban J connectivity index is 1.73. The average molecular weight is 400 g/mol. The van der Waals surface area contributed by atoms with Gasteiger partial charge in [-0.1, -0.05) is 17.7 Å². The van der Waals surface area contributed by atoms with Crippen molar-refractivity contribution in [1.29, 1.82) is 0 Å². The van der Waals surface area contributed by atoms with Crippen molar-refractivity contribution in [2.24, 2.45) is 0 Å². The highest BCUT2D eigenvalue weighted by molar-refractivity contribution is 7.13. The summed E-state index contributed by atoms with van der Waals surface area (Å²) in [5.41, 5.74) is 1.11. The van der Waals surface area contributed by atoms with Gasteiger partial charge in [-0.25, -0.2) is 9.50 Å². The summed E-state index contributed by atoms with van der Waals surface area (Å²) >= 11 is 7.34. The lowest BCUT2D eigenvalue weighted by molar-refractivity contribution is -0.383. The Kier molecular flexibility index (Phi) is 4.30. The van der Waals surface area contributed by atoms with Crippen LogP contribution in [-0.2, 0) is 0 Å². The summed E-state index contributed by atoms with van der Waals surface area (Å²) in [5, 5.41) is 20.1. The summed E-state index contributed by atoms with van der Waals surface area (Å²) in [6.45, 7) is 0. The van der Waals surface area contributed by atoms with Crippen molar-refractivity contribution in [3.63, 3.8) is 0 Å². The molecule has 1 N–H and O–H groups in total. The molecule has 1 amide bonds. The van der Waals surface area contributed by atoms with Crippen LogP contribution in [0.3, 0.4) is 0 Å². The summed E-state index contributed by atoms with van der Waals surface area (Å²) < 4.78 is 1.57. The number of rotatable bonds is 4. The van der Waals surface area contributed by atoms with E-state index in [0.29, 0.717) is 5.65 Å². The minimum atomic E-state index is -0.606. The lowest BCUT2D eigenvalue weighted by Crippen LogP contribution is -2.13. The first kappa shape index (κ1) is 17.1. The molecule has 27 heavy (non-hydrogen) atoms. The van der Waals surface area contributed by atoms with Crippen LogP contribution >= 0.6 is 22.9 Å². The lowest BCUT2D eigenvalue weighted by Gasteiger charge is -2.06. The summed E-state index contributed by atoms with van der Waals surface area (Å²) in [5.74, 6) is -0.550. The number of halogens is 1. The van der Waals surface area contributed by atoms with Crippen LogP contribution in [0.1, 0.15) is 10.4 Å². The van der Waals surface area contributed by atoms with Crippen molar-refractivity contribution >= 4 is 45.9 Å². The van der Waals surface area contributed by atoms with Gasteiger partial charge in [-0.3, -0.25) is 14.9 Å². The van der Waals surface area contributed by atoms with Crippen LogP contribution in [0.15, 0.2) is 54.2 Å². The number of fused-ring (bicyclic) bond motifs is 1. The van der Waals surface area contributed by atoms with Gasteiger partial charge in [0.15, 0.2) is 5.65 Å². The van der Waals surface area contributed by atoms with E-state index in [0.717, 1.165) is 10.6 Å². The van der Waals surface area contributed by atoms with Crippen LogP contribution in [0.2, 0.25) is 5.02 Å². The first-order valence-corrected chi connectivity index (χ1v) is 8.92. The standard InChI is InChI=1S/C17H10ClN5O3S/c18-10-3-4-12(14(8-10)23(25)26)21-17(24)11-9-20-22-13(5-6-19-16(11)22)15-2-1-7-27-15/h1-9H,(H,21,24). The van der Waals surface area contributed by atoms with Gasteiger partial charge in [0.25, 0.3) is 11.6 Å². The number of nitro benzene ring substituents is 1. The zero-order chi connectivity index (χ0) is 19.0. The molecule has 0 aliphatic heterocycles. The van der Waals surface area contributed by atoms with E-state index < -0.39 is 10.8 Å². The molecule has 0 saturated carbocycles. The number of hydrogen-bond acceptors (Lipinski definition) is 6. The number of benzene rings is 1. The highest BCUT2D eigenvalue weighted by atomic mass is 35.5. The molecular formula is C17H10ClN5O3S. The Bertz CT molecular complexity index is 1170. The molecule has 0 radical (unpaired) electrons. The Morgan fingerprint density at radius 2 is 2.15 bits per heavy atom. The monoisotopic (exact) mass is 399 g/mol. The molecule has 10 heteroatoms. The van der Waals surface area contributed by atoms with E-state index in [2.05, 4.69) is 15.4 Å². The third-order valence-electron chi connectivity index (χ3n) is 3.82. The van der Waals surface area contributed by atoms with Gasteiger partial charge in [0.05, 0.1) is 21.7 Å². The van der Waals surface area contributed by atoms with Crippen molar-refractivity contribution in [1.82, 2.24) is 14.6 Å². The summed E-state index contributed by atoms with van der Waals surface area (Å²) in [7, 11) is 0. The van der Waals surface area contributed by atoms with Crippen LogP contribution < -0.4 is 5.32 Å². The second-order valence-corrected chi connectivity index (χ2v) is 6.86. The normalized spacial score (nSPS) is 10.9. The number of anilines is 1. The van der Waals surface area contributed by atoms with Crippen LogP contribution in [0, 0.1) is 10.1 Å². The minimum Gasteiger partial charge on any atom is -0.316 e. The quantitative estimate of drug-likeness (QED) is 0.407. The molecule has 3 aromatic heterocycles. The molecule has 8 nitrogen and oxygen atoms in total. The number of nitrogens with zero attached hydrogens (tertiary/aromatic N) is 4. The fraction of sp³-hybridized carbons (Fsp3) is 0. The second-order valence-electron chi connectivity index (χ2n) is 5.47. The van der Waals surface area contributed by atoms with Gasteiger partial charge in [0.2, 0.25) is 0 Å². The first-order valence-electron chi connectivity index (χ1n) is 7.66. The Hall–Kier alpha value is -3.30. The Morgan fingerprint density at radius 1 is 1.30 bits per heavy atom. The summed E-state index contributed by atoms with van der Waals surface area (Å²) in [4.78, 5) is 28.5. The zero-order valence-corrected chi connectivity index (χ0v) is 15.1. The number of carbonyl (C=O) groups is 1. The number of carbonyl (C=O) groups excluding carboxylic acids is 1. The van der Waals surface area contributed by atoms with Crippen molar-refractivity contribution in [2.45, 2.75) is 0 Å². The topological polar surface area (TPSA) is 102 Å². The molecule has 4 aromatic rings. The van der Waals surface area contributed by atoms with Gasteiger partial charge in [-0.15, -0.1) is 11.3 Å². The zero-order valence-electron chi connectivity index (χ0n) is 13.5. The molecule has 134 valence electrons. The Morgan fingerprint density at radius 3 is 2.89 bits per heavy atom. The number of aromatic nitrogens is 3. The lowest BCUT2D eigenvalue weighted by atomic mass is 10.2. The maximum absolute atomic E-state index is 12.7. The van der Waals surface area contributed by atoms with Gasteiger partial charge < -0.3 is 5.32 Å². The molecule has 3 heterocycles. The molecule has 0 aliphatic rings. The van der Waals surface area contributed by atoms with Gasteiger partial charge in [-0.05, 0) is 29.6 Å². The van der Waals surface area contributed by atoms with Crippen molar-refractivity contribution in [3.05, 3.63) is 74.9 Å². The van der Waals surface area contributed by atoms with E-state index in [1.54, 1.807) is 28.1 Å². The first-order chi connectivity index (χ1) is 13.0. The molecule has 0 saturated heterocycles. The second kappa shape index (κ2) is 6.78. The smallest absolute Gasteiger partial charge is 0.294 e. The van der Waals surface area contributed by atoms with Gasteiger partial charge in [-0.2, -0.15) is 5.10 Å². The SMILES string of the molecule is O=C(Nc1ccc(Cl)cc1[N+](=O)[O-])c1cnn2c(-c3cccs3)ccnc12. The molecule has 1 aromatic carbocycles. The van der Waals surface area contributed by atoms with E-state index in [1.807, 2.05) is 17.5 Å². The predicted molar refractivity (Wildman–Crippen MR) is 102 cm³/mol. The van der Waals surface area contributed by atoms with E-state index in [4.69, 9.17) is 11.6 Å². The van der Waals surface area contributed by atoms with E-state index >= 15 is 0 Å². The third-order valence-corrected chi connectivity index (χ3v) is 4.95. The fourth-order valence-corrected chi connectivity index (χ4v) is 3.52. The van der Waals surface area contributed by atoms with E-state index in [-0.39, 0.29) is 22.0 Å². The summed E-state index contributed by atoms with van der Waals surface area (Å²) in [6.07, 6.45) is 2.98. The maximum atomic E-state index is 12.7. The molecule has 0 bridgehead atoms. The number of nitro groups is 1. The van der Waals surface area contributed by atoms with Gasteiger partial charge >= 0.3 is 0 Å². The molecule has 0 aliphatic carbocycles. The minimum absolute atomic E-state index is 0.0446. The third kappa shape index (κ3) is 3.14. The molecule has 0 spiro atoms. The van der Waals surface area contributed by atoms with Gasteiger partial charge in [0, 0.05) is 17.3 Å². The molecular weight excluding hydrogens is 390 g/mol.